The molecule has 2 aromatic rings. The van der Waals surface area contributed by atoms with Gasteiger partial charge >= 0.3 is 5.97 Å². The lowest BCUT2D eigenvalue weighted by atomic mass is 10.2. The Labute approximate surface area is 108 Å². The van der Waals surface area contributed by atoms with E-state index in [0.717, 1.165) is 11.3 Å². The number of aromatic amines is 1. The van der Waals surface area contributed by atoms with Crippen LogP contribution in [0.25, 0.3) is 11.0 Å². The molecule has 18 heavy (non-hydrogen) atoms. The minimum Gasteiger partial charge on any atom is -0.465 e. The van der Waals surface area contributed by atoms with Crippen LogP contribution in [0, 0.1) is 6.92 Å². The monoisotopic (exact) mass is 250 g/mol. The van der Waals surface area contributed by atoms with Crippen LogP contribution in [-0.2, 0) is 4.74 Å². The highest BCUT2D eigenvalue weighted by molar-refractivity contribution is 6.01. The van der Waals surface area contributed by atoms with Gasteiger partial charge in [-0.25, -0.2) is 9.78 Å². The molecule has 0 fully saturated rings. The standard InChI is InChI=1S/C10H10N2O2.2C2H6/c1-6-11-8-5-3-4-7(9(8)12-6)10(13)14-2;2*1-2/h3-5H,1-2H3,(H,11,12);2*1-2H3. The highest BCUT2D eigenvalue weighted by atomic mass is 16.5. The van der Waals surface area contributed by atoms with Crippen molar-refractivity contribution in [2.75, 3.05) is 7.11 Å². The number of ether oxygens (including phenoxy) is 1. The number of nitrogens with zero attached hydrogens (tertiary/aromatic N) is 1. The Morgan fingerprint density at radius 3 is 2.39 bits per heavy atom. The van der Waals surface area contributed by atoms with Crippen molar-refractivity contribution in [2.45, 2.75) is 34.6 Å². The summed E-state index contributed by atoms with van der Waals surface area (Å²) < 4.78 is 4.66. The number of rotatable bonds is 1. The van der Waals surface area contributed by atoms with E-state index in [4.69, 9.17) is 0 Å². The molecule has 4 heteroatoms. The van der Waals surface area contributed by atoms with Crippen molar-refractivity contribution in [2.24, 2.45) is 0 Å². The fourth-order valence-electron chi connectivity index (χ4n) is 1.43. The average Bonchev–Trinajstić information content (AvgIpc) is 2.82. The van der Waals surface area contributed by atoms with Crippen LogP contribution in [0.5, 0.6) is 0 Å². The first-order valence-corrected chi connectivity index (χ1v) is 6.26. The number of carbonyl (C=O) groups is 1. The fraction of sp³-hybridized carbons (Fsp3) is 0.429. The Bertz CT molecular complexity index is 489. The van der Waals surface area contributed by atoms with Crippen LogP contribution < -0.4 is 0 Å². The number of fused-ring (bicyclic) bond motifs is 1. The van der Waals surface area contributed by atoms with Gasteiger partial charge in [0.1, 0.15) is 11.3 Å². The highest BCUT2D eigenvalue weighted by Crippen LogP contribution is 2.16. The lowest BCUT2D eigenvalue weighted by Gasteiger charge is -1.98. The van der Waals surface area contributed by atoms with E-state index in [2.05, 4.69) is 14.7 Å². The largest absolute Gasteiger partial charge is 0.465 e. The van der Waals surface area contributed by atoms with Crippen molar-refractivity contribution in [3.63, 3.8) is 0 Å². The van der Waals surface area contributed by atoms with Crippen molar-refractivity contribution < 1.29 is 9.53 Å². The summed E-state index contributed by atoms with van der Waals surface area (Å²) in [5, 5.41) is 0. The van der Waals surface area contributed by atoms with Crippen molar-refractivity contribution >= 4 is 17.0 Å². The van der Waals surface area contributed by atoms with Crippen LogP contribution in [0.3, 0.4) is 0 Å². The van der Waals surface area contributed by atoms with Crippen LogP contribution in [-0.4, -0.2) is 23.0 Å². The van der Waals surface area contributed by atoms with Crippen molar-refractivity contribution in [1.29, 1.82) is 0 Å². The van der Waals surface area contributed by atoms with E-state index < -0.39 is 0 Å². The first-order chi connectivity index (χ1) is 8.72. The zero-order chi connectivity index (χ0) is 14.1. The number of nitrogens with one attached hydrogen (secondary N) is 1. The minimum absolute atomic E-state index is 0.359. The average molecular weight is 250 g/mol. The summed E-state index contributed by atoms with van der Waals surface area (Å²) >= 11 is 0. The number of hydrogen-bond acceptors (Lipinski definition) is 3. The molecule has 1 aromatic carbocycles. The maximum absolute atomic E-state index is 11.4. The van der Waals surface area contributed by atoms with Crippen molar-refractivity contribution in [1.82, 2.24) is 9.97 Å². The highest BCUT2D eigenvalue weighted by Gasteiger charge is 2.12. The van der Waals surface area contributed by atoms with Gasteiger partial charge in [-0.3, -0.25) is 0 Å². The van der Waals surface area contributed by atoms with Crippen molar-refractivity contribution in [3.05, 3.63) is 29.6 Å². The third kappa shape index (κ3) is 3.58. The lowest BCUT2D eigenvalue weighted by molar-refractivity contribution is 0.0603. The zero-order valence-electron chi connectivity index (χ0n) is 12.0. The van der Waals surface area contributed by atoms with E-state index >= 15 is 0 Å². The number of methoxy groups -OCH3 is 1. The molecule has 1 heterocycles. The first kappa shape index (κ1) is 16.2. The lowest BCUT2D eigenvalue weighted by Crippen LogP contribution is -2.01. The van der Waals surface area contributed by atoms with Crippen LogP contribution in [0.1, 0.15) is 43.9 Å². The molecule has 2 rings (SSSR count). The number of para-hydroxylation sites is 1. The van der Waals surface area contributed by atoms with Gasteiger partial charge in [-0.15, -0.1) is 0 Å². The summed E-state index contributed by atoms with van der Waals surface area (Å²) in [6.07, 6.45) is 0. The van der Waals surface area contributed by atoms with Crippen LogP contribution in [0.2, 0.25) is 0 Å². The number of imidazole rings is 1. The molecular formula is C14H22N2O2. The van der Waals surface area contributed by atoms with E-state index in [0.29, 0.717) is 11.1 Å². The molecule has 0 aliphatic carbocycles. The molecule has 0 spiro atoms. The van der Waals surface area contributed by atoms with Gasteiger partial charge in [-0.05, 0) is 19.1 Å². The van der Waals surface area contributed by atoms with Gasteiger partial charge in [0, 0.05) is 0 Å². The maximum atomic E-state index is 11.4. The molecule has 4 nitrogen and oxygen atoms in total. The second-order valence-electron chi connectivity index (χ2n) is 3.02. The summed E-state index contributed by atoms with van der Waals surface area (Å²) in [5.74, 6) is 0.429. The molecule has 0 aliphatic heterocycles. The SMILES string of the molecule is CC.CC.COC(=O)c1cccc2[nH]c(C)nc12. The van der Waals surface area contributed by atoms with Gasteiger partial charge < -0.3 is 9.72 Å². The topological polar surface area (TPSA) is 55.0 Å². The number of H-pyrrole nitrogens is 1. The minimum atomic E-state index is -0.359. The Morgan fingerprint density at radius 2 is 1.83 bits per heavy atom. The molecule has 0 aliphatic rings. The third-order valence-corrected chi connectivity index (χ3v) is 2.04. The summed E-state index contributed by atoms with van der Waals surface area (Å²) in [4.78, 5) is 18.6. The van der Waals surface area contributed by atoms with Gasteiger partial charge in [-0.1, -0.05) is 33.8 Å². The van der Waals surface area contributed by atoms with Gasteiger partial charge in [-0.2, -0.15) is 0 Å². The third-order valence-electron chi connectivity index (χ3n) is 2.04. The van der Waals surface area contributed by atoms with Crippen LogP contribution in [0.15, 0.2) is 18.2 Å². The fourth-order valence-corrected chi connectivity index (χ4v) is 1.43. The molecule has 0 unspecified atom stereocenters. The van der Waals surface area contributed by atoms with E-state index in [-0.39, 0.29) is 5.97 Å². The number of carbonyl (C=O) groups excluding carboxylic acids is 1. The summed E-state index contributed by atoms with van der Waals surface area (Å²) in [6, 6.07) is 5.38. The van der Waals surface area contributed by atoms with Crippen LogP contribution in [0.4, 0.5) is 0 Å². The predicted octanol–water partition coefficient (Wildman–Crippen LogP) is 3.71. The Morgan fingerprint density at radius 1 is 1.22 bits per heavy atom. The predicted molar refractivity (Wildman–Crippen MR) is 74.9 cm³/mol. The zero-order valence-corrected chi connectivity index (χ0v) is 12.0. The van der Waals surface area contributed by atoms with Crippen LogP contribution >= 0.6 is 0 Å². The van der Waals surface area contributed by atoms with E-state index in [9.17, 15) is 4.79 Å². The summed E-state index contributed by atoms with van der Waals surface area (Å²) in [7, 11) is 1.36. The molecule has 1 N–H and O–H groups in total. The molecule has 1 aromatic heterocycles. The Hall–Kier alpha value is -1.84. The number of aromatic nitrogens is 2. The normalized spacial score (nSPS) is 8.78. The molecule has 0 saturated heterocycles. The van der Waals surface area contributed by atoms with E-state index in [1.54, 1.807) is 12.1 Å². The molecule has 0 bridgehead atoms. The molecule has 100 valence electrons. The first-order valence-electron chi connectivity index (χ1n) is 6.26. The molecular weight excluding hydrogens is 228 g/mol. The van der Waals surface area contributed by atoms with Crippen molar-refractivity contribution in [3.8, 4) is 0 Å². The second kappa shape index (κ2) is 8.28. The van der Waals surface area contributed by atoms with Gasteiger partial charge in [0.05, 0.1) is 18.2 Å². The van der Waals surface area contributed by atoms with Gasteiger partial charge in [0.15, 0.2) is 0 Å². The molecule has 0 saturated carbocycles. The maximum Gasteiger partial charge on any atom is 0.340 e. The Balaban J connectivity index is 0.000000659. The second-order valence-corrected chi connectivity index (χ2v) is 3.02. The number of aryl methyl sites for hydroxylation is 1. The summed E-state index contributed by atoms with van der Waals surface area (Å²) in [6.45, 7) is 9.85. The number of hydrogen-bond donors (Lipinski definition) is 1. The molecule has 0 radical (unpaired) electrons. The molecule has 0 amide bonds. The van der Waals surface area contributed by atoms with E-state index in [1.165, 1.54) is 7.11 Å². The Kier molecular flexibility index (Phi) is 7.43. The number of esters is 1. The molecule has 0 atom stereocenters. The smallest absolute Gasteiger partial charge is 0.340 e. The van der Waals surface area contributed by atoms with Gasteiger partial charge in [0.25, 0.3) is 0 Å². The number of benzene rings is 1. The van der Waals surface area contributed by atoms with Gasteiger partial charge in [0.2, 0.25) is 0 Å². The summed E-state index contributed by atoms with van der Waals surface area (Å²) in [5.41, 5.74) is 2.01. The van der Waals surface area contributed by atoms with E-state index in [1.807, 2.05) is 40.7 Å². The quantitative estimate of drug-likeness (QED) is 0.785.